The van der Waals surface area contributed by atoms with Gasteiger partial charge in [-0.1, -0.05) is 0 Å². The number of aliphatic imine (C=N–C) groups is 1. The number of sulfone groups is 1. The zero-order valence-electron chi connectivity index (χ0n) is 17.1. The van der Waals surface area contributed by atoms with Gasteiger partial charge in [0.15, 0.2) is 15.8 Å². The minimum atomic E-state index is -3.18. The van der Waals surface area contributed by atoms with E-state index in [0.717, 1.165) is 12.8 Å². The van der Waals surface area contributed by atoms with Crippen LogP contribution < -0.4 is 10.6 Å². The van der Waals surface area contributed by atoms with Crippen LogP contribution in [0.4, 0.5) is 4.79 Å². The molecule has 0 bridgehead atoms. The van der Waals surface area contributed by atoms with Gasteiger partial charge in [0.2, 0.25) is 0 Å². The molecule has 27 heavy (non-hydrogen) atoms. The number of piperidine rings is 1. The fraction of sp³-hybridized carbons (Fsp3) is 0.882. The maximum absolute atomic E-state index is 12.2. The van der Waals surface area contributed by atoms with E-state index in [1.807, 2.05) is 6.92 Å². The van der Waals surface area contributed by atoms with Gasteiger partial charge in [0, 0.05) is 25.7 Å². The van der Waals surface area contributed by atoms with Gasteiger partial charge in [-0.15, -0.1) is 24.0 Å². The van der Waals surface area contributed by atoms with Gasteiger partial charge < -0.3 is 20.3 Å². The third-order valence-corrected chi connectivity index (χ3v) is 6.86. The predicted octanol–water partition coefficient (Wildman–Crippen LogP) is 1.99. The molecule has 8 nitrogen and oxygen atoms in total. The maximum Gasteiger partial charge on any atom is 0.409 e. The molecule has 1 amide bonds. The predicted molar refractivity (Wildman–Crippen MR) is 120 cm³/mol. The molecule has 0 radical (unpaired) electrons. The second-order valence-electron chi connectivity index (χ2n) is 7.30. The van der Waals surface area contributed by atoms with Crippen molar-refractivity contribution in [2.75, 3.05) is 38.5 Å². The minimum absolute atomic E-state index is 0. The summed E-state index contributed by atoms with van der Waals surface area (Å²) in [5.74, 6) is 0.639. The summed E-state index contributed by atoms with van der Waals surface area (Å²) in [4.78, 5) is 17.8. The average molecular weight is 518 g/mol. The van der Waals surface area contributed by atoms with Crippen LogP contribution >= 0.6 is 24.0 Å². The molecule has 0 atom stereocenters. The molecule has 0 spiro atoms. The first-order valence-electron chi connectivity index (χ1n) is 9.29. The van der Waals surface area contributed by atoms with Gasteiger partial charge in [-0.3, -0.25) is 4.99 Å². The summed E-state index contributed by atoms with van der Waals surface area (Å²) in [6, 6.07) is 0.192. The highest BCUT2D eigenvalue weighted by Crippen LogP contribution is 2.15. The first kappa shape index (κ1) is 26.2. The number of likely N-dealkylation sites (tertiary alicyclic amines) is 1. The molecule has 0 aromatic rings. The molecule has 10 heteroatoms. The molecule has 0 aromatic heterocycles. The zero-order valence-corrected chi connectivity index (χ0v) is 20.2. The zero-order chi connectivity index (χ0) is 19.8. The van der Waals surface area contributed by atoms with E-state index in [4.69, 9.17) is 4.74 Å². The minimum Gasteiger partial charge on any atom is -0.450 e. The molecular formula is C17H35IN4O4S. The highest BCUT2D eigenvalue weighted by Gasteiger charge is 2.28. The van der Waals surface area contributed by atoms with E-state index < -0.39 is 14.6 Å². The molecule has 2 N–H and O–H groups in total. The largest absolute Gasteiger partial charge is 0.450 e. The summed E-state index contributed by atoms with van der Waals surface area (Å²) in [6.45, 7) is 11.4. The first-order chi connectivity index (χ1) is 12.1. The van der Waals surface area contributed by atoms with E-state index in [1.165, 1.54) is 0 Å². The monoisotopic (exact) mass is 518 g/mol. The smallest absolute Gasteiger partial charge is 0.409 e. The van der Waals surface area contributed by atoms with Crippen molar-refractivity contribution in [1.29, 1.82) is 0 Å². The summed E-state index contributed by atoms with van der Waals surface area (Å²) in [5, 5.41) is 6.49. The Balaban J connectivity index is 0.00000676. The van der Waals surface area contributed by atoms with Crippen LogP contribution in [-0.2, 0) is 14.6 Å². The standard InChI is InChI=1S/C17H34N4O4S.HI/c1-6-18-15(19-10-13-26(23,24)17(3,4)5)20-14-8-11-21(12-9-14)16(22)25-7-2;/h14H,6-13H2,1-5H3,(H2,18,19,20);1H. The number of ether oxygens (including phenoxy) is 1. The van der Waals surface area contributed by atoms with Crippen LogP contribution in [0.5, 0.6) is 0 Å². The third-order valence-electron chi connectivity index (χ3n) is 4.27. The van der Waals surface area contributed by atoms with Gasteiger partial charge in [0.25, 0.3) is 0 Å². The van der Waals surface area contributed by atoms with E-state index in [1.54, 1.807) is 32.6 Å². The van der Waals surface area contributed by atoms with E-state index in [0.29, 0.717) is 32.2 Å². The number of guanidine groups is 1. The van der Waals surface area contributed by atoms with E-state index in [9.17, 15) is 13.2 Å². The third kappa shape index (κ3) is 8.84. The SMILES string of the molecule is CCNC(=NCCS(=O)(=O)C(C)(C)C)NC1CCN(C(=O)OCC)CC1.I. The van der Waals surface area contributed by atoms with Crippen LogP contribution in [0.15, 0.2) is 4.99 Å². The lowest BCUT2D eigenvalue weighted by molar-refractivity contribution is 0.0963. The van der Waals surface area contributed by atoms with Crippen molar-refractivity contribution in [2.45, 2.75) is 58.2 Å². The highest BCUT2D eigenvalue weighted by atomic mass is 127. The second kappa shape index (κ2) is 11.9. The Morgan fingerprint density at radius 2 is 1.81 bits per heavy atom. The molecule has 0 saturated carbocycles. The Bertz CT molecular complexity index is 582. The van der Waals surface area contributed by atoms with Gasteiger partial charge in [-0.05, 0) is 47.5 Å². The first-order valence-corrected chi connectivity index (χ1v) is 10.9. The summed E-state index contributed by atoms with van der Waals surface area (Å²) in [6.07, 6.45) is 1.33. The molecule has 1 heterocycles. The number of halogens is 1. The normalized spacial score (nSPS) is 16.5. The average Bonchev–Trinajstić information content (AvgIpc) is 2.54. The van der Waals surface area contributed by atoms with Gasteiger partial charge in [0.1, 0.15) is 0 Å². The molecule has 1 saturated heterocycles. The maximum atomic E-state index is 12.2. The lowest BCUT2D eigenvalue weighted by atomic mass is 10.1. The van der Waals surface area contributed by atoms with Crippen molar-refractivity contribution in [3.05, 3.63) is 0 Å². The summed E-state index contributed by atoms with van der Waals surface area (Å²) in [5.41, 5.74) is 0. The Labute approximate surface area is 180 Å². The van der Waals surface area contributed by atoms with Gasteiger partial charge in [-0.2, -0.15) is 0 Å². The van der Waals surface area contributed by atoms with Crippen molar-refractivity contribution < 1.29 is 17.9 Å². The summed E-state index contributed by atoms with van der Waals surface area (Å²) >= 11 is 0. The number of rotatable bonds is 6. The van der Waals surface area contributed by atoms with Crippen LogP contribution in [0.25, 0.3) is 0 Å². The molecule has 1 aliphatic rings. The lowest BCUT2D eigenvalue weighted by Crippen LogP contribution is -2.50. The molecule has 0 aliphatic carbocycles. The van der Waals surface area contributed by atoms with Crippen molar-refractivity contribution >= 4 is 45.9 Å². The van der Waals surface area contributed by atoms with Gasteiger partial charge in [0.05, 0.1) is 23.7 Å². The van der Waals surface area contributed by atoms with Crippen LogP contribution in [0.3, 0.4) is 0 Å². The second-order valence-corrected chi connectivity index (χ2v) is 10.2. The molecule has 1 rings (SSSR count). The fourth-order valence-electron chi connectivity index (χ4n) is 2.52. The van der Waals surface area contributed by atoms with Crippen molar-refractivity contribution in [2.24, 2.45) is 4.99 Å². The van der Waals surface area contributed by atoms with Gasteiger partial charge >= 0.3 is 6.09 Å². The topological polar surface area (TPSA) is 100 Å². The van der Waals surface area contributed by atoms with Crippen molar-refractivity contribution in [1.82, 2.24) is 15.5 Å². The molecule has 1 aliphatic heterocycles. The number of carbonyl (C=O) groups excluding carboxylic acids is 1. The number of hydrogen-bond donors (Lipinski definition) is 2. The molecule has 0 aromatic carbocycles. The number of hydrogen-bond acceptors (Lipinski definition) is 5. The van der Waals surface area contributed by atoms with E-state index in [-0.39, 0.29) is 48.4 Å². The Kier molecular flexibility index (Phi) is 11.6. The molecule has 0 unspecified atom stereocenters. The van der Waals surface area contributed by atoms with E-state index in [2.05, 4.69) is 15.6 Å². The van der Waals surface area contributed by atoms with Crippen LogP contribution in [-0.4, -0.2) is 74.7 Å². The number of nitrogens with zero attached hydrogens (tertiary/aromatic N) is 2. The Morgan fingerprint density at radius 3 is 2.30 bits per heavy atom. The fourth-order valence-corrected chi connectivity index (χ4v) is 3.46. The van der Waals surface area contributed by atoms with Crippen LogP contribution in [0.2, 0.25) is 0 Å². The summed E-state index contributed by atoms with van der Waals surface area (Å²) in [7, 11) is -3.18. The van der Waals surface area contributed by atoms with E-state index >= 15 is 0 Å². The Hall–Kier alpha value is -0.780. The summed E-state index contributed by atoms with van der Waals surface area (Å²) < 4.78 is 28.6. The molecule has 160 valence electrons. The van der Waals surface area contributed by atoms with Crippen LogP contribution in [0.1, 0.15) is 47.5 Å². The Morgan fingerprint density at radius 1 is 1.22 bits per heavy atom. The molecular weight excluding hydrogens is 483 g/mol. The highest BCUT2D eigenvalue weighted by molar-refractivity contribution is 14.0. The number of amides is 1. The lowest BCUT2D eigenvalue weighted by Gasteiger charge is -2.32. The quantitative estimate of drug-likeness (QED) is 0.317. The van der Waals surface area contributed by atoms with Crippen LogP contribution in [0, 0.1) is 0 Å². The van der Waals surface area contributed by atoms with Crippen molar-refractivity contribution in [3.8, 4) is 0 Å². The van der Waals surface area contributed by atoms with Gasteiger partial charge in [-0.25, -0.2) is 13.2 Å². The number of carbonyl (C=O) groups is 1. The molecule has 1 fully saturated rings. The van der Waals surface area contributed by atoms with Crippen molar-refractivity contribution in [3.63, 3.8) is 0 Å². The number of nitrogens with one attached hydrogen (secondary N) is 2.